The topological polar surface area (TPSA) is 57.8 Å². The minimum absolute atomic E-state index is 0.0438. The van der Waals surface area contributed by atoms with Crippen LogP contribution in [0.4, 0.5) is 0 Å². The average Bonchev–Trinajstić information content (AvgIpc) is 2.42. The van der Waals surface area contributed by atoms with E-state index in [2.05, 4.69) is 9.88 Å². The minimum atomic E-state index is -0.175. The number of likely N-dealkylation sites (tertiary alicyclic amines) is 1. The predicted molar refractivity (Wildman–Crippen MR) is 72.0 cm³/mol. The van der Waals surface area contributed by atoms with Gasteiger partial charge in [0.15, 0.2) is 0 Å². The van der Waals surface area contributed by atoms with Crippen LogP contribution in [0.15, 0.2) is 35.3 Å². The van der Waals surface area contributed by atoms with Gasteiger partial charge in [-0.1, -0.05) is 6.07 Å². The van der Waals surface area contributed by atoms with Crippen LogP contribution >= 0.6 is 0 Å². The second-order valence-electron chi connectivity index (χ2n) is 5.02. The molecule has 1 saturated heterocycles. The Balaban J connectivity index is 1.83. The van der Waals surface area contributed by atoms with Gasteiger partial charge >= 0.3 is 0 Å². The summed E-state index contributed by atoms with van der Waals surface area (Å²) < 4.78 is 1.55. The van der Waals surface area contributed by atoms with E-state index < -0.39 is 0 Å². The molecule has 0 atom stereocenters. The van der Waals surface area contributed by atoms with Gasteiger partial charge in [-0.25, -0.2) is 4.98 Å². The molecule has 3 heterocycles. The number of hydrogen-bond donors (Lipinski definition) is 1. The van der Waals surface area contributed by atoms with Gasteiger partial charge in [0, 0.05) is 31.9 Å². The second-order valence-corrected chi connectivity index (χ2v) is 5.02. The van der Waals surface area contributed by atoms with Gasteiger partial charge in [0.05, 0.1) is 11.8 Å². The van der Waals surface area contributed by atoms with Crippen molar-refractivity contribution in [3.63, 3.8) is 0 Å². The van der Waals surface area contributed by atoms with Crippen molar-refractivity contribution in [1.82, 2.24) is 14.3 Å². The lowest BCUT2D eigenvalue weighted by Crippen LogP contribution is -2.35. The smallest absolute Gasteiger partial charge is 0.258 e. The number of aliphatic hydroxyl groups is 1. The summed E-state index contributed by atoms with van der Waals surface area (Å²) in [4.78, 5) is 18.7. The Hall–Kier alpha value is -1.72. The molecule has 0 radical (unpaired) electrons. The SMILES string of the molecule is O=c1cc(CN2CCC(O)CC2)nc2ccccn12. The van der Waals surface area contributed by atoms with Gasteiger partial charge < -0.3 is 5.11 Å². The number of hydrogen-bond acceptors (Lipinski definition) is 4. The summed E-state index contributed by atoms with van der Waals surface area (Å²) in [5.41, 5.74) is 1.44. The molecule has 19 heavy (non-hydrogen) atoms. The molecule has 2 aromatic heterocycles. The monoisotopic (exact) mass is 259 g/mol. The van der Waals surface area contributed by atoms with E-state index in [1.807, 2.05) is 18.2 Å². The lowest BCUT2D eigenvalue weighted by Gasteiger charge is -2.29. The second kappa shape index (κ2) is 5.11. The maximum atomic E-state index is 12.0. The summed E-state index contributed by atoms with van der Waals surface area (Å²) in [6.07, 6.45) is 3.15. The maximum absolute atomic E-state index is 12.0. The van der Waals surface area contributed by atoms with Gasteiger partial charge in [0.1, 0.15) is 5.65 Å². The zero-order valence-corrected chi connectivity index (χ0v) is 10.7. The van der Waals surface area contributed by atoms with Crippen LogP contribution in [0.1, 0.15) is 18.5 Å². The molecule has 0 bridgehead atoms. The molecule has 1 fully saturated rings. The molecule has 1 aliphatic heterocycles. The molecular formula is C14H17N3O2. The number of aliphatic hydroxyl groups excluding tert-OH is 1. The lowest BCUT2D eigenvalue weighted by atomic mass is 10.1. The van der Waals surface area contributed by atoms with E-state index in [9.17, 15) is 9.90 Å². The first-order chi connectivity index (χ1) is 9.22. The highest BCUT2D eigenvalue weighted by Crippen LogP contribution is 2.12. The third-order valence-corrected chi connectivity index (χ3v) is 3.57. The summed E-state index contributed by atoms with van der Waals surface area (Å²) >= 11 is 0. The molecule has 1 aliphatic rings. The minimum Gasteiger partial charge on any atom is -0.393 e. The number of nitrogens with zero attached hydrogens (tertiary/aromatic N) is 3. The molecule has 2 aromatic rings. The van der Waals surface area contributed by atoms with Crippen molar-refractivity contribution in [1.29, 1.82) is 0 Å². The number of fused-ring (bicyclic) bond motifs is 1. The van der Waals surface area contributed by atoms with Crippen molar-refractivity contribution in [3.8, 4) is 0 Å². The van der Waals surface area contributed by atoms with Gasteiger partial charge in [0.2, 0.25) is 0 Å². The molecule has 1 N–H and O–H groups in total. The third-order valence-electron chi connectivity index (χ3n) is 3.57. The van der Waals surface area contributed by atoms with E-state index in [0.717, 1.165) is 31.6 Å². The highest BCUT2D eigenvalue weighted by molar-refractivity contribution is 5.37. The molecule has 0 spiro atoms. The Morgan fingerprint density at radius 2 is 2.11 bits per heavy atom. The van der Waals surface area contributed by atoms with Gasteiger partial charge in [-0.15, -0.1) is 0 Å². The standard InChI is InChI=1S/C14H17N3O2/c18-12-4-7-16(8-5-12)10-11-9-14(19)17-6-2-1-3-13(17)15-11/h1-3,6,9,12,18H,4-5,7-8,10H2. The Morgan fingerprint density at radius 3 is 2.89 bits per heavy atom. The molecule has 0 aromatic carbocycles. The zero-order chi connectivity index (χ0) is 13.2. The van der Waals surface area contributed by atoms with Gasteiger partial charge in [-0.2, -0.15) is 0 Å². The Bertz CT molecular complexity index is 630. The molecule has 0 aliphatic carbocycles. The molecule has 0 amide bonds. The van der Waals surface area contributed by atoms with E-state index in [4.69, 9.17) is 0 Å². The Morgan fingerprint density at radius 1 is 1.32 bits per heavy atom. The highest BCUT2D eigenvalue weighted by atomic mass is 16.3. The normalized spacial score (nSPS) is 17.9. The van der Waals surface area contributed by atoms with Gasteiger partial charge in [-0.05, 0) is 25.0 Å². The van der Waals surface area contributed by atoms with Crippen LogP contribution in [0.2, 0.25) is 0 Å². The van der Waals surface area contributed by atoms with E-state index in [0.29, 0.717) is 12.2 Å². The predicted octanol–water partition coefficient (Wildman–Crippen LogP) is 0.651. The van der Waals surface area contributed by atoms with Gasteiger partial charge in [-0.3, -0.25) is 14.1 Å². The fourth-order valence-corrected chi connectivity index (χ4v) is 2.49. The number of pyridine rings is 1. The van der Waals surface area contributed by atoms with Crippen molar-refractivity contribution in [2.24, 2.45) is 0 Å². The molecule has 100 valence electrons. The van der Waals surface area contributed by atoms with Crippen LogP contribution < -0.4 is 5.56 Å². The van der Waals surface area contributed by atoms with Crippen molar-refractivity contribution in [2.45, 2.75) is 25.5 Å². The largest absolute Gasteiger partial charge is 0.393 e. The van der Waals surface area contributed by atoms with Crippen molar-refractivity contribution in [3.05, 3.63) is 46.5 Å². The Kier molecular flexibility index (Phi) is 3.31. The van der Waals surface area contributed by atoms with Crippen molar-refractivity contribution >= 4 is 5.65 Å². The van der Waals surface area contributed by atoms with Gasteiger partial charge in [0.25, 0.3) is 5.56 Å². The van der Waals surface area contributed by atoms with E-state index >= 15 is 0 Å². The highest BCUT2D eigenvalue weighted by Gasteiger charge is 2.17. The summed E-state index contributed by atoms with van der Waals surface area (Å²) in [7, 11) is 0. The summed E-state index contributed by atoms with van der Waals surface area (Å²) in [5, 5.41) is 9.48. The first-order valence-corrected chi connectivity index (χ1v) is 6.60. The number of piperidine rings is 1. The molecule has 0 saturated carbocycles. The number of rotatable bonds is 2. The van der Waals surface area contributed by atoms with Crippen LogP contribution in [-0.2, 0) is 6.54 Å². The Labute approximate surface area is 111 Å². The molecule has 3 rings (SSSR count). The molecule has 5 nitrogen and oxygen atoms in total. The van der Waals surface area contributed by atoms with Crippen molar-refractivity contribution < 1.29 is 5.11 Å². The van der Waals surface area contributed by atoms with Crippen LogP contribution in [0.3, 0.4) is 0 Å². The summed E-state index contributed by atoms with van der Waals surface area (Å²) in [5.74, 6) is 0. The van der Waals surface area contributed by atoms with E-state index in [1.165, 1.54) is 0 Å². The third kappa shape index (κ3) is 2.67. The van der Waals surface area contributed by atoms with E-state index in [1.54, 1.807) is 16.7 Å². The number of aromatic nitrogens is 2. The maximum Gasteiger partial charge on any atom is 0.258 e. The zero-order valence-electron chi connectivity index (χ0n) is 10.7. The van der Waals surface area contributed by atoms with Crippen LogP contribution in [0, 0.1) is 0 Å². The first-order valence-electron chi connectivity index (χ1n) is 6.60. The summed E-state index contributed by atoms with van der Waals surface area (Å²) in [6, 6.07) is 7.13. The van der Waals surface area contributed by atoms with Crippen molar-refractivity contribution in [2.75, 3.05) is 13.1 Å². The fourth-order valence-electron chi connectivity index (χ4n) is 2.49. The first kappa shape index (κ1) is 12.3. The van der Waals surface area contributed by atoms with Crippen LogP contribution in [0.5, 0.6) is 0 Å². The van der Waals surface area contributed by atoms with E-state index in [-0.39, 0.29) is 11.7 Å². The quantitative estimate of drug-likeness (QED) is 0.860. The summed E-state index contributed by atoms with van der Waals surface area (Å²) in [6.45, 7) is 2.39. The molecule has 5 heteroatoms. The van der Waals surface area contributed by atoms with Crippen LogP contribution in [-0.4, -0.2) is 38.6 Å². The molecule has 0 unspecified atom stereocenters. The van der Waals surface area contributed by atoms with Crippen LogP contribution in [0.25, 0.3) is 5.65 Å². The fraction of sp³-hybridized carbons (Fsp3) is 0.429. The molecular weight excluding hydrogens is 242 g/mol. The average molecular weight is 259 g/mol. The lowest BCUT2D eigenvalue weighted by molar-refractivity contribution is 0.0787.